The van der Waals surface area contributed by atoms with Gasteiger partial charge in [0.2, 0.25) is 5.95 Å². The number of benzene rings is 9. The molecule has 0 amide bonds. The average molecular weight is 753 g/mol. The molecule has 5 nitrogen and oxygen atoms in total. The third-order valence-corrected chi connectivity index (χ3v) is 12.1. The minimum atomic E-state index is 0.616. The maximum Gasteiger partial charge on any atom is 0.235 e. The van der Waals surface area contributed by atoms with E-state index >= 15 is 0 Å². The van der Waals surface area contributed by atoms with Gasteiger partial charge in [0, 0.05) is 43.6 Å². The van der Waals surface area contributed by atoms with Crippen LogP contribution in [0.4, 0.5) is 0 Å². The van der Waals surface area contributed by atoms with Crippen LogP contribution in [0.15, 0.2) is 199 Å². The summed E-state index contributed by atoms with van der Waals surface area (Å²) in [6.07, 6.45) is 0. The second-order valence-corrected chi connectivity index (χ2v) is 15.3. The van der Waals surface area contributed by atoms with Crippen molar-refractivity contribution in [1.29, 1.82) is 0 Å². The second-order valence-electron chi connectivity index (χ2n) is 15.3. The van der Waals surface area contributed by atoms with Crippen LogP contribution in [-0.2, 0) is 0 Å². The molecule has 13 aromatic rings. The maximum atomic E-state index is 6.77. The molecule has 0 fully saturated rings. The highest BCUT2D eigenvalue weighted by Crippen LogP contribution is 2.43. The van der Waals surface area contributed by atoms with Crippen LogP contribution in [0.25, 0.3) is 121 Å². The third kappa shape index (κ3) is 4.67. The van der Waals surface area contributed by atoms with Gasteiger partial charge >= 0.3 is 0 Å². The Morgan fingerprint density at radius 3 is 1.90 bits per heavy atom. The van der Waals surface area contributed by atoms with E-state index in [0.717, 1.165) is 88.1 Å². The van der Waals surface area contributed by atoms with Crippen molar-refractivity contribution >= 4 is 87.2 Å². The molecular weight excluding hydrogens is 721 g/mol. The van der Waals surface area contributed by atoms with E-state index in [2.05, 4.69) is 197 Å². The van der Waals surface area contributed by atoms with Gasteiger partial charge in [-0.2, -0.15) is 0 Å². The van der Waals surface area contributed by atoms with E-state index in [9.17, 15) is 0 Å². The molecule has 0 aliphatic heterocycles. The minimum absolute atomic E-state index is 0.616. The standard InChI is InChI=1S/C54H32N4O/c1-2-15-36(16-3-1)57-46-23-10-7-18-38(46)43-31-34(25-28-47(43)57)35-26-29-48-44(32-35)51-49(30-27-41-39-19-8-11-24-50(39)59-53(41)51)58(48)54-55-45-22-9-6-20-42(45)52(56-54)40-21-12-14-33-13-4-5-17-37(33)40/h1-32H. The molecule has 0 spiro atoms. The monoisotopic (exact) mass is 752 g/mol. The Balaban J connectivity index is 1.09. The summed E-state index contributed by atoms with van der Waals surface area (Å²) in [4.78, 5) is 10.8. The van der Waals surface area contributed by atoms with Gasteiger partial charge in [0.15, 0.2) is 0 Å². The summed E-state index contributed by atoms with van der Waals surface area (Å²) in [5.74, 6) is 0.616. The number of furan rings is 1. The molecule has 4 heterocycles. The van der Waals surface area contributed by atoms with Crippen molar-refractivity contribution in [2.75, 3.05) is 0 Å². The molecule has 0 radical (unpaired) electrons. The van der Waals surface area contributed by atoms with Crippen molar-refractivity contribution in [1.82, 2.24) is 19.1 Å². The highest BCUT2D eigenvalue weighted by molar-refractivity contribution is 6.24. The van der Waals surface area contributed by atoms with Crippen LogP contribution in [0, 0.1) is 0 Å². The number of aromatic nitrogens is 4. The van der Waals surface area contributed by atoms with Gasteiger partial charge in [-0.3, -0.25) is 4.57 Å². The quantitative estimate of drug-likeness (QED) is 0.180. The highest BCUT2D eigenvalue weighted by Gasteiger charge is 2.23. The van der Waals surface area contributed by atoms with Crippen LogP contribution in [-0.4, -0.2) is 19.1 Å². The summed E-state index contributed by atoms with van der Waals surface area (Å²) in [6.45, 7) is 0. The molecule has 59 heavy (non-hydrogen) atoms. The molecule has 0 unspecified atom stereocenters. The fourth-order valence-corrected chi connectivity index (χ4v) is 9.49. The number of fused-ring (bicyclic) bond motifs is 12. The van der Waals surface area contributed by atoms with Gasteiger partial charge in [0.25, 0.3) is 0 Å². The molecule has 13 rings (SSSR count). The van der Waals surface area contributed by atoms with Crippen molar-refractivity contribution in [3.8, 4) is 34.0 Å². The van der Waals surface area contributed by atoms with Crippen molar-refractivity contribution in [3.05, 3.63) is 194 Å². The molecule has 0 N–H and O–H groups in total. The summed E-state index contributed by atoms with van der Waals surface area (Å²) in [5, 5.41) is 10.1. The Bertz CT molecular complexity index is 3850. The highest BCUT2D eigenvalue weighted by atomic mass is 16.3. The molecule has 0 atom stereocenters. The maximum absolute atomic E-state index is 6.77. The summed E-state index contributed by atoms with van der Waals surface area (Å²) in [5.41, 5.74) is 12.4. The largest absolute Gasteiger partial charge is 0.455 e. The van der Waals surface area contributed by atoms with E-state index in [0.29, 0.717) is 5.95 Å². The predicted molar refractivity (Wildman–Crippen MR) is 244 cm³/mol. The van der Waals surface area contributed by atoms with Crippen LogP contribution in [0.2, 0.25) is 0 Å². The Morgan fingerprint density at radius 2 is 1.03 bits per heavy atom. The van der Waals surface area contributed by atoms with E-state index in [1.54, 1.807) is 0 Å². The van der Waals surface area contributed by atoms with Crippen LogP contribution < -0.4 is 0 Å². The molecule has 4 aromatic heterocycles. The molecule has 0 saturated carbocycles. The number of nitrogens with zero attached hydrogens (tertiary/aromatic N) is 4. The lowest BCUT2D eigenvalue weighted by Gasteiger charge is -2.13. The van der Waals surface area contributed by atoms with Gasteiger partial charge in [-0.15, -0.1) is 0 Å². The first-order valence-corrected chi connectivity index (χ1v) is 20.0. The first-order chi connectivity index (χ1) is 29.3. The molecule has 0 aliphatic rings. The molecular formula is C54H32N4O. The molecule has 0 bridgehead atoms. The third-order valence-electron chi connectivity index (χ3n) is 12.1. The van der Waals surface area contributed by atoms with Gasteiger partial charge in [-0.25, -0.2) is 9.97 Å². The van der Waals surface area contributed by atoms with Crippen molar-refractivity contribution in [3.63, 3.8) is 0 Å². The lowest BCUT2D eigenvalue weighted by molar-refractivity contribution is 0.673. The number of hydrogen-bond acceptors (Lipinski definition) is 3. The smallest absolute Gasteiger partial charge is 0.235 e. The van der Waals surface area contributed by atoms with Gasteiger partial charge < -0.3 is 8.98 Å². The van der Waals surface area contributed by atoms with Crippen LogP contribution in [0.1, 0.15) is 0 Å². The SMILES string of the molecule is c1ccc(-n2c3ccccc3c3cc(-c4ccc5c(c4)c4c6oc7ccccc7c6ccc4n5-c4nc(-c5cccc6ccccc56)c5ccccc5n4)ccc32)cc1. The molecule has 0 aliphatic carbocycles. The van der Waals surface area contributed by atoms with Crippen molar-refractivity contribution < 1.29 is 4.42 Å². The Labute approximate surface area is 337 Å². The van der Waals surface area contributed by atoms with Gasteiger partial charge in [0.1, 0.15) is 11.2 Å². The first kappa shape index (κ1) is 32.1. The predicted octanol–water partition coefficient (Wildman–Crippen LogP) is 14.2. The minimum Gasteiger partial charge on any atom is -0.455 e. The zero-order valence-electron chi connectivity index (χ0n) is 31.7. The van der Waals surface area contributed by atoms with E-state index in [4.69, 9.17) is 14.4 Å². The van der Waals surface area contributed by atoms with Gasteiger partial charge in [-0.1, -0.05) is 127 Å². The number of hydrogen-bond donors (Lipinski definition) is 0. The average Bonchev–Trinajstić information content (AvgIpc) is 3.96. The number of rotatable bonds is 4. The van der Waals surface area contributed by atoms with Crippen LogP contribution in [0.5, 0.6) is 0 Å². The van der Waals surface area contributed by atoms with E-state index < -0.39 is 0 Å². The Hall–Kier alpha value is -8.02. The summed E-state index contributed by atoms with van der Waals surface area (Å²) < 4.78 is 11.4. The molecule has 5 heteroatoms. The lowest BCUT2D eigenvalue weighted by Crippen LogP contribution is -2.03. The van der Waals surface area contributed by atoms with Crippen LogP contribution >= 0.6 is 0 Å². The van der Waals surface area contributed by atoms with Crippen molar-refractivity contribution in [2.24, 2.45) is 0 Å². The van der Waals surface area contributed by atoms with E-state index in [-0.39, 0.29) is 0 Å². The van der Waals surface area contributed by atoms with E-state index in [1.165, 1.54) is 27.2 Å². The molecule has 0 saturated heterocycles. The summed E-state index contributed by atoms with van der Waals surface area (Å²) >= 11 is 0. The zero-order chi connectivity index (χ0) is 38.6. The second kappa shape index (κ2) is 12.2. The Morgan fingerprint density at radius 1 is 0.390 bits per heavy atom. The first-order valence-electron chi connectivity index (χ1n) is 20.0. The van der Waals surface area contributed by atoms with E-state index in [1.807, 2.05) is 6.07 Å². The summed E-state index contributed by atoms with van der Waals surface area (Å²) in [6, 6.07) is 68.9. The summed E-state index contributed by atoms with van der Waals surface area (Å²) in [7, 11) is 0. The fraction of sp³-hybridized carbons (Fsp3) is 0. The normalized spacial score (nSPS) is 12.1. The fourth-order valence-electron chi connectivity index (χ4n) is 9.49. The van der Waals surface area contributed by atoms with Crippen molar-refractivity contribution in [2.45, 2.75) is 0 Å². The number of para-hydroxylation sites is 4. The molecule has 9 aromatic carbocycles. The topological polar surface area (TPSA) is 48.8 Å². The van der Waals surface area contributed by atoms with Gasteiger partial charge in [-0.05, 0) is 88.6 Å². The molecule has 274 valence electrons. The Kier molecular flexibility index (Phi) is 6.66. The zero-order valence-corrected chi connectivity index (χ0v) is 31.7. The van der Waals surface area contributed by atoms with Crippen LogP contribution in [0.3, 0.4) is 0 Å². The van der Waals surface area contributed by atoms with Gasteiger partial charge in [0.05, 0.1) is 38.7 Å². The lowest BCUT2D eigenvalue weighted by atomic mass is 9.99.